The average molecular weight is 335 g/mol. The first kappa shape index (κ1) is 13.5. The molecule has 2 rings (SSSR count). The summed E-state index contributed by atoms with van der Waals surface area (Å²) in [6.07, 6.45) is -4.52. The van der Waals surface area contributed by atoms with Gasteiger partial charge in [0, 0.05) is 10.0 Å². The highest BCUT2D eigenvalue weighted by Gasteiger charge is 2.34. The number of carbonyl (C=O) groups excluding carboxylic acids is 1. The van der Waals surface area contributed by atoms with Gasteiger partial charge in [0.05, 0.1) is 5.56 Å². The van der Waals surface area contributed by atoms with E-state index < -0.39 is 17.6 Å². The lowest BCUT2D eigenvalue weighted by Crippen LogP contribution is -2.13. The van der Waals surface area contributed by atoms with Gasteiger partial charge in [-0.2, -0.15) is 28.6 Å². The zero-order valence-corrected chi connectivity index (χ0v) is 10.7. The van der Waals surface area contributed by atoms with Crippen molar-refractivity contribution in [3.63, 3.8) is 0 Å². The number of primary amides is 1. The molecule has 0 saturated carbocycles. The van der Waals surface area contributed by atoms with Crippen LogP contribution < -0.4 is 5.73 Å². The van der Waals surface area contributed by atoms with Crippen molar-refractivity contribution in [3.8, 4) is 11.3 Å². The van der Waals surface area contributed by atoms with E-state index in [-0.39, 0.29) is 21.4 Å². The number of H-pyrrole nitrogens is 1. The molecular formula is C10H6BrF3N4O. The maximum atomic E-state index is 12.8. The van der Waals surface area contributed by atoms with Gasteiger partial charge >= 0.3 is 6.18 Å². The van der Waals surface area contributed by atoms with Crippen molar-refractivity contribution >= 4 is 21.8 Å². The highest BCUT2D eigenvalue weighted by Crippen LogP contribution is 2.39. The molecule has 1 amide bonds. The highest BCUT2D eigenvalue weighted by atomic mass is 79.9. The second-order valence-corrected chi connectivity index (χ2v) is 4.34. The number of benzene rings is 1. The lowest BCUT2D eigenvalue weighted by atomic mass is 10.1. The van der Waals surface area contributed by atoms with Gasteiger partial charge in [0.2, 0.25) is 0 Å². The normalized spacial score (nSPS) is 11.6. The minimum atomic E-state index is -4.52. The molecule has 0 spiro atoms. The van der Waals surface area contributed by atoms with E-state index in [0.29, 0.717) is 0 Å². The lowest BCUT2D eigenvalue weighted by molar-refractivity contribution is -0.138. The van der Waals surface area contributed by atoms with Crippen LogP contribution in [0.1, 0.15) is 16.1 Å². The molecule has 2 aromatic rings. The van der Waals surface area contributed by atoms with E-state index in [4.69, 9.17) is 5.73 Å². The van der Waals surface area contributed by atoms with E-state index in [9.17, 15) is 18.0 Å². The Labute approximate surface area is 113 Å². The number of aromatic amines is 1. The molecule has 0 aliphatic carbocycles. The predicted octanol–water partition coefficient (Wildman–Crippen LogP) is 2.35. The predicted molar refractivity (Wildman–Crippen MR) is 63.0 cm³/mol. The molecule has 3 N–H and O–H groups in total. The summed E-state index contributed by atoms with van der Waals surface area (Å²) < 4.78 is 38.1. The number of alkyl halides is 3. The van der Waals surface area contributed by atoms with Gasteiger partial charge in [0.25, 0.3) is 5.91 Å². The van der Waals surface area contributed by atoms with Gasteiger partial charge in [-0.3, -0.25) is 4.79 Å². The molecule has 5 nitrogen and oxygen atoms in total. The van der Waals surface area contributed by atoms with Crippen molar-refractivity contribution in [2.45, 2.75) is 6.18 Å². The Hall–Kier alpha value is -1.90. The van der Waals surface area contributed by atoms with E-state index in [1.165, 1.54) is 12.1 Å². The first-order valence-electron chi connectivity index (χ1n) is 4.89. The molecule has 0 fully saturated rings. The maximum absolute atomic E-state index is 12.8. The summed E-state index contributed by atoms with van der Waals surface area (Å²) in [7, 11) is 0. The topological polar surface area (TPSA) is 84.7 Å². The quantitative estimate of drug-likeness (QED) is 0.884. The zero-order chi connectivity index (χ0) is 14.2. The summed E-state index contributed by atoms with van der Waals surface area (Å²) in [4.78, 5) is 11.1. The molecule has 100 valence electrons. The van der Waals surface area contributed by atoms with Crippen LogP contribution in [0, 0.1) is 0 Å². The Balaban J connectivity index is 2.64. The van der Waals surface area contributed by atoms with Crippen molar-refractivity contribution < 1.29 is 18.0 Å². The van der Waals surface area contributed by atoms with E-state index in [0.717, 1.165) is 6.07 Å². The molecule has 0 radical (unpaired) electrons. The maximum Gasteiger partial charge on any atom is 0.417 e. The first-order valence-corrected chi connectivity index (χ1v) is 5.68. The average Bonchev–Trinajstić information content (AvgIpc) is 2.76. The summed E-state index contributed by atoms with van der Waals surface area (Å²) in [6, 6.07) is 3.50. The zero-order valence-electron chi connectivity index (χ0n) is 9.12. The van der Waals surface area contributed by atoms with Crippen molar-refractivity contribution in [2.75, 3.05) is 0 Å². The molecular weight excluding hydrogens is 329 g/mol. The Kier molecular flexibility index (Phi) is 3.31. The number of hydrogen-bond acceptors (Lipinski definition) is 3. The third-order valence-electron chi connectivity index (χ3n) is 2.34. The van der Waals surface area contributed by atoms with Crippen molar-refractivity contribution in [1.82, 2.24) is 15.4 Å². The molecule has 0 aliphatic heterocycles. The molecule has 19 heavy (non-hydrogen) atoms. The van der Waals surface area contributed by atoms with E-state index in [2.05, 4.69) is 31.3 Å². The van der Waals surface area contributed by atoms with Crippen LogP contribution >= 0.6 is 15.9 Å². The molecule has 1 aromatic heterocycles. The molecule has 0 atom stereocenters. The fourth-order valence-electron chi connectivity index (χ4n) is 1.52. The fraction of sp³-hybridized carbons (Fsp3) is 0.100. The fourth-order valence-corrected chi connectivity index (χ4v) is 2.20. The molecule has 1 heterocycles. The number of nitrogens with one attached hydrogen (secondary N) is 1. The molecule has 1 aromatic carbocycles. The number of nitrogens with zero attached hydrogens (tertiary/aromatic N) is 2. The Morgan fingerprint density at radius 3 is 2.58 bits per heavy atom. The summed E-state index contributed by atoms with van der Waals surface area (Å²) >= 11 is 2.87. The Morgan fingerprint density at radius 1 is 1.32 bits per heavy atom. The number of amides is 1. The van der Waals surface area contributed by atoms with Gasteiger partial charge in [-0.05, 0) is 22.0 Å². The Bertz CT molecular complexity index is 638. The van der Waals surface area contributed by atoms with Crippen molar-refractivity contribution in [2.24, 2.45) is 5.73 Å². The van der Waals surface area contributed by atoms with Crippen LogP contribution in [0.15, 0.2) is 22.7 Å². The SMILES string of the molecule is NC(=O)c1n[nH]nc1-c1cccc(C(F)(F)F)c1Br. The van der Waals surface area contributed by atoms with Crippen molar-refractivity contribution in [1.29, 1.82) is 0 Å². The number of aromatic nitrogens is 3. The number of carbonyl (C=O) groups is 1. The van der Waals surface area contributed by atoms with E-state index in [1.807, 2.05) is 0 Å². The van der Waals surface area contributed by atoms with Gasteiger partial charge in [-0.1, -0.05) is 12.1 Å². The number of rotatable bonds is 2. The smallest absolute Gasteiger partial charge is 0.364 e. The molecule has 0 saturated heterocycles. The monoisotopic (exact) mass is 334 g/mol. The molecule has 0 unspecified atom stereocenters. The molecule has 0 aliphatic rings. The van der Waals surface area contributed by atoms with Gasteiger partial charge in [0.1, 0.15) is 5.69 Å². The van der Waals surface area contributed by atoms with E-state index >= 15 is 0 Å². The second-order valence-electron chi connectivity index (χ2n) is 3.55. The van der Waals surface area contributed by atoms with Gasteiger partial charge in [-0.25, -0.2) is 0 Å². The van der Waals surface area contributed by atoms with E-state index in [1.54, 1.807) is 0 Å². The van der Waals surface area contributed by atoms with Gasteiger partial charge in [-0.15, -0.1) is 0 Å². The lowest BCUT2D eigenvalue weighted by Gasteiger charge is -2.11. The minimum Gasteiger partial charge on any atom is -0.364 e. The number of halogens is 4. The van der Waals surface area contributed by atoms with Crippen LogP contribution in [0.3, 0.4) is 0 Å². The Morgan fingerprint density at radius 2 is 2.00 bits per heavy atom. The summed E-state index contributed by atoms with van der Waals surface area (Å²) in [6.45, 7) is 0. The van der Waals surface area contributed by atoms with Crippen LogP contribution in [-0.2, 0) is 6.18 Å². The summed E-state index contributed by atoms with van der Waals surface area (Å²) in [5.74, 6) is -0.881. The van der Waals surface area contributed by atoms with Crippen LogP contribution in [0.5, 0.6) is 0 Å². The third kappa shape index (κ3) is 2.46. The van der Waals surface area contributed by atoms with Gasteiger partial charge < -0.3 is 5.73 Å². The van der Waals surface area contributed by atoms with Crippen LogP contribution in [0.4, 0.5) is 13.2 Å². The second kappa shape index (κ2) is 4.65. The van der Waals surface area contributed by atoms with Crippen LogP contribution in [-0.4, -0.2) is 21.3 Å². The minimum absolute atomic E-state index is 0.0366. The van der Waals surface area contributed by atoms with Crippen LogP contribution in [0.2, 0.25) is 0 Å². The molecule has 9 heteroatoms. The standard InChI is InChI=1S/C10H6BrF3N4O/c11-6-4(2-1-3-5(6)10(12,13)14)7-8(9(15)19)17-18-16-7/h1-3H,(H2,15,19)(H,16,17,18). The summed E-state index contributed by atoms with van der Waals surface area (Å²) in [5, 5.41) is 9.33. The number of hydrogen-bond donors (Lipinski definition) is 2. The van der Waals surface area contributed by atoms with Crippen molar-refractivity contribution in [3.05, 3.63) is 33.9 Å². The highest BCUT2D eigenvalue weighted by molar-refractivity contribution is 9.10. The largest absolute Gasteiger partial charge is 0.417 e. The third-order valence-corrected chi connectivity index (χ3v) is 3.19. The molecule has 0 bridgehead atoms. The summed E-state index contributed by atoms with van der Waals surface area (Å²) in [5.41, 5.74) is 4.02. The van der Waals surface area contributed by atoms with Gasteiger partial charge in [0.15, 0.2) is 5.69 Å². The number of nitrogens with two attached hydrogens (primary N) is 1. The first-order chi connectivity index (χ1) is 8.82. The van der Waals surface area contributed by atoms with Crippen LogP contribution in [0.25, 0.3) is 11.3 Å².